The molecule has 2 unspecified atom stereocenters. The van der Waals surface area contributed by atoms with Crippen LogP contribution < -0.4 is 0 Å². The van der Waals surface area contributed by atoms with Crippen LogP contribution in [0.3, 0.4) is 0 Å². The van der Waals surface area contributed by atoms with Crippen molar-refractivity contribution in [2.75, 3.05) is 13.1 Å². The molecule has 2 fully saturated rings. The summed E-state index contributed by atoms with van der Waals surface area (Å²) in [6.45, 7) is 3.18. The molecule has 2 aliphatic heterocycles. The molecule has 172 valence electrons. The fraction of sp³-hybridized carbons (Fsp3) is 0.455. The van der Waals surface area contributed by atoms with Gasteiger partial charge >= 0.3 is 17.4 Å². The molecule has 0 aromatic heterocycles. The third kappa shape index (κ3) is 20.8. The fourth-order valence-corrected chi connectivity index (χ4v) is 3.54. The van der Waals surface area contributed by atoms with Gasteiger partial charge in [-0.1, -0.05) is 123 Å². The van der Waals surface area contributed by atoms with Gasteiger partial charge in [-0.15, -0.1) is 19.6 Å². The van der Waals surface area contributed by atoms with E-state index in [4.69, 9.17) is 21.6 Å². The Balaban J connectivity index is -0.000000367. The van der Waals surface area contributed by atoms with Gasteiger partial charge in [0.15, 0.2) is 0 Å². The van der Waals surface area contributed by atoms with Gasteiger partial charge < -0.3 is 32.3 Å². The summed E-state index contributed by atoms with van der Waals surface area (Å²) in [4.78, 5) is 0. The summed E-state index contributed by atoms with van der Waals surface area (Å²) < 4.78 is 0. The number of benzene rings is 1. The first-order chi connectivity index (χ1) is 15.6. The Bertz CT molecular complexity index is 720. The largest absolute Gasteiger partial charge is 6.00 e. The second-order valence-corrected chi connectivity index (χ2v) is 7.17. The maximum atomic E-state index is 7.13. The van der Waals surface area contributed by atoms with E-state index in [9.17, 15) is 0 Å². The topological polar surface area (TPSA) is 117 Å². The number of fused-ring (bicyclic) bond motifs is 2. The Kier molecular flexibility index (Phi) is 31.1. The van der Waals surface area contributed by atoms with Crippen LogP contribution in [0.5, 0.6) is 0 Å². The molecule has 6 nitrogen and oxygen atoms in total. The van der Waals surface area contributed by atoms with Gasteiger partial charge in [0.05, 0.1) is 0 Å². The first-order valence-corrected chi connectivity index (χ1v) is 11.3. The van der Waals surface area contributed by atoms with Crippen LogP contribution in [0.15, 0.2) is 30.5 Å². The Morgan fingerprint density at radius 1 is 0.788 bits per heavy atom. The van der Waals surface area contributed by atoms with E-state index in [1.165, 1.54) is 70.4 Å². The molecule has 0 bridgehead atoms. The second-order valence-electron chi connectivity index (χ2n) is 6.44. The van der Waals surface area contributed by atoms with Crippen molar-refractivity contribution in [2.24, 2.45) is 11.8 Å². The Hall–Kier alpha value is -1.55. The maximum Gasteiger partial charge on any atom is 6.00 e. The minimum Gasteiger partial charge on any atom is -0.753 e. The van der Waals surface area contributed by atoms with Gasteiger partial charge in [-0.3, -0.25) is 0 Å². The Morgan fingerprint density at radius 3 is 1.82 bits per heavy atom. The van der Waals surface area contributed by atoms with Crippen LogP contribution in [0, 0.1) is 11.8 Å². The van der Waals surface area contributed by atoms with E-state index in [1.807, 2.05) is 18.3 Å². The number of nitrogens with zero attached hydrogens (tertiary/aromatic N) is 6. The van der Waals surface area contributed by atoms with E-state index >= 15 is 0 Å². The Labute approximate surface area is 229 Å². The maximum absolute atomic E-state index is 7.13. The molecule has 0 spiro atoms. The van der Waals surface area contributed by atoms with Gasteiger partial charge in [0.2, 0.25) is 0 Å². The summed E-state index contributed by atoms with van der Waals surface area (Å²) in [5.74, 6) is 2.05. The zero-order valence-electron chi connectivity index (χ0n) is 18.0. The summed E-state index contributed by atoms with van der Waals surface area (Å²) in [5, 5.41) is 42.5. The molecule has 2 heterocycles. The van der Waals surface area contributed by atoms with E-state index in [0.717, 1.165) is 24.9 Å². The summed E-state index contributed by atoms with van der Waals surface area (Å²) >= 11 is 14.8. The zero-order chi connectivity index (χ0) is 24.5. The van der Waals surface area contributed by atoms with Crippen molar-refractivity contribution >= 4 is 75.6 Å². The smallest absolute Gasteiger partial charge is 0.753 e. The number of hydrogen-bond donors (Lipinski definition) is 0. The van der Waals surface area contributed by atoms with Gasteiger partial charge in [0, 0.05) is 0 Å². The van der Waals surface area contributed by atoms with Crippen molar-refractivity contribution in [2.45, 2.75) is 38.6 Å². The third-order valence-electron chi connectivity index (χ3n) is 4.76. The first kappa shape index (κ1) is 36.0. The zero-order valence-corrected chi connectivity index (χ0v) is 22.5. The van der Waals surface area contributed by atoms with Crippen molar-refractivity contribution in [1.82, 2.24) is 0 Å². The molecular formula is C22H24CrN6S4. The monoisotopic (exact) mass is 552 g/mol. The van der Waals surface area contributed by atoms with Crippen molar-refractivity contribution in [1.29, 1.82) is 0 Å². The van der Waals surface area contributed by atoms with Crippen LogP contribution in [-0.4, -0.2) is 33.7 Å². The molecule has 11 heteroatoms. The minimum absolute atomic E-state index is 0. The average Bonchev–Trinajstić information content (AvgIpc) is 2.82. The summed E-state index contributed by atoms with van der Waals surface area (Å²) in [7, 11) is 0. The second kappa shape index (κ2) is 28.5. The van der Waals surface area contributed by atoms with Gasteiger partial charge in [0.1, 0.15) is 0 Å². The van der Waals surface area contributed by atoms with Crippen LogP contribution in [0.1, 0.15) is 43.2 Å². The van der Waals surface area contributed by atoms with E-state index in [-0.39, 0.29) is 17.4 Å². The summed E-state index contributed by atoms with van der Waals surface area (Å²) in [5.41, 5.74) is 2.63. The molecule has 1 aliphatic carbocycles. The average molecular weight is 553 g/mol. The van der Waals surface area contributed by atoms with E-state index in [2.05, 4.69) is 77.7 Å². The predicted molar refractivity (Wildman–Crippen MR) is 150 cm³/mol. The molecular weight excluding hydrogens is 529 g/mol. The van der Waals surface area contributed by atoms with E-state index < -0.39 is 0 Å². The van der Waals surface area contributed by atoms with E-state index in [0.29, 0.717) is 0 Å². The van der Waals surface area contributed by atoms with E-state index in [1.54, 1.807) is 0 Å². The number of thiocarbonyl (C=S) groups is 4. The van der Waals surface area contributed by atoms with Gasteiger partial charge in [-0.05, 0) is 11.5 Å². The van der Waals surface area contributed by atoms with Crippen molar-refractivity contribution in [3.63, 3.8) is 0 Å². The molecule has 1 saturated carbocycles. The van der Waals surface area contributed by atoms with Crippen molar-refractivity contribution in [3.8, 4) is 0 Å². The molecule has 33 heavy (non-hydrogen) atoms. The molecule has 3 aliphatic rings. The Morgan fingerprint density at radius 2 is 1.30 bits per heavy atom. The van der Waals surface area contributed by atoms with Crippen LogP contribution in [0.2, 0.25) is 0 Å². The van der Waals surface area contributed by atoms with Crippen molar-refractivity contribution in [3.05, 3.63) is 73.9 Å². The molecule has 1 aromatic carbocycles. The van der Waals surface area contributed by atoms with Crippen LogP contribution in [0.25, 0.3) is 38.3 Å². The normalized spacial score (nSPS) is 17.6. The summed E-state index contributed by atoms with van der Waals surface area (Å²) in [6, 6.07) is 8.32. The van der Waals surface area contributed by atoms with Crippen LogP contribution in [-0.2, 0) is 23.9 Å². The van der Waals surface area contributed by atoms with Crippen molar-refractivity contribution < 1.29 is 17.4 Å². The third-order valence-corrected chi connectivity index (χ3v) is 4.76. The predicted octanol–water partition coefficient (Wildman–Crippen LogP) is 7.75. The molecule has 1 aromatic rings. The first-order valence-electron chi connectivity index (χ1n) is 9.69. The van der Waals surface area contributed by atoms with Crippen LogP contribution >= 0.6 is 48.9 Å². The number of piperidine rings is 1. The van der Waals surface area contributed by atoms with Gasteiger partial charge in [-0.25, -0.2) is 0 Å². The molecule has 0 amide bonds. The number of hydrogen-bond acceptors (Lipinski definition) is 4. The molecule has 2 atom stereocenters. The molecule has 0 radical (unpaired) electrons. The number of rotatable bonds is 0. The molecule has 1 saturated heterocycles. The fourth-order valence-electron chi connectivity index (χ4n) is 3.54. The standard InChI is InChI=1S/C9H16N.C9H8N.4CNS.Cr/c2*1-2-4-9-7-10-6-5-8(9)3-1;4*2-1-3;/h8-9H,1-7H2;1-6H,7H2;;;;;/q6*-1;+6. The quantitative estimate of drug-likeness (QED) is 0.241. The molecule has 4 rings (SSSR count). The number of isothiocyanates is 4. The minimum atomic E-state index is 0. The van der Waals surface area contributed by atoms with Gasteiger partial charge in [-0.2, -0.15) is 26.8 Å². The SMILES string of the molecule is C1=Cc2ccccc2C[N-]1.C1CCC2C[N-]CCC2C1.[Cr+6].[N-]=C=S.[N-]=C=S.[N-]=C=S.[N-]=C=S. The van der Waals surface area contributed by atoms with Crippen LogP contribution in [0.4, 0.5) is 0 Å². The van der Waals surface area contributed by atoms with Gasteiger partial charge in [0.25, 0.3) is 0 Å². The summed E-state index contributed by atoms with van der Waals surface area (Å²) in [6.07, 6.45) is 11.2. The molecule has 0 N–H and O–H groups in total.